The average Bonchev–Trinajstić information content (AvgIpc) is 2.41. The molecule has 0 aliphatic carbocycles. The third-order valence-electron chi connectivity index (χ3n) is 3.46. The molecule has 0 spiro atoms. The van der Waals surface area contributed by atoms with Crippen molar-refractivity contribution in [2.24, 2.45) is 16.2 Å². The summed E-state index contributed by atoms with van der Waals surface area (Å²) >= 11 is 0. The van der Waals surface area contributed by atoms with Gasteiger partial charge in [0.25, 0.3) is 0 Å². The summed E-state index contributed by atoms with van der Waals surface area (Å²) in [7, 11) is 0. The van der Waals surface area contributed by atoms with Gasteiger partial charge in [0.1, 0.15) is 5.60 Å². The van der Waals surface area contributed by atoms with Gasteiger partial charge in [-0.15, -0.1) is 0 Å². The molecule has 0 aliphatic rings. The Balaban J connectivity index is 0. The fraction of sp³-hybridized carbons (Fsp3) is 0.900. The number of carbonyl (C=O) groups is 2. The van der Waals surface area contributed by atoms with E-state index in [0.29, 0.717) is 6.42 Å². The van der Waals surface area contributed by atoms with Crippen molar-refractivity contribution < 1.29 is 29.5 Å². The van der Waals surface area contributed by atoms with Crippen molar-refractivity contribution >= 4 is 11.9 Å². The summed E-state index contributed by atoms with van der Waals surface area (Å²) < 4.78 is 0. The molecule has 0 saturated carbocycles. The molecular formula is C20H40O6. The topological polar surface area (TPSA) is 82.1 Å². The van der Waals surface area contributed by atoms with Gasteiger partial charge in [0.15, 0.2) is 0 Å². The van der Waals surface area contributed by atoms with E-state index in [-0.39, 0.29) is 11.4 Å². The SMILES string of the molecule is CC(C)(C)OOC(=O)C(C)(C)C.CCCC(C)(C)CC(C)(C)C(=O)OO. The Labute approximate surface area is 159 Å². The van der Waals surface area contributed by atoms with Crippen LogP contribution in [0.15, 0.2) is 0 Å². The molecule has 0 atom stereocenters. The van der Waals surface area contributed by atoms with Crippen molar-refractivity contribution in [2.75, 3.05) is 0 Å². The molecule has 6 heteroatoms. The van der Waals surface area contributed by atoms with Crippen molar-refractivity contribution in [3.8, 4) is 0 Å². The van der Waals surface area contributed by atoms with Crippen LogP contribution >= 0.6 is 0 Å². The zero-order chi connectivity index (χ0) is 21.4. The Morgan fingerprint density at radius 3 is 1.62 bits per heavy atom. The summed E-state index contributed by atoms with van der Waals surface area (Å²) in [6, 6.07) is 0. The monoisotopic (exact) mass is 376 g/mol. The Hall–Kier alpha value is -1.14. The maximum Gasteiger partial charge on any atom is 0.347 e. The lowest BCUT2D eigenvalue weighted by atomic mass is 9.73. The molecule has 0 aromatic carbocycles. The van der Waals surface area contributed by atoms with E-state index < -0.39 is 22.4 Å². The molecule has 0 unspecified atom stereocenters. The fourth-order valence-corrected chi connectivity index (χ4v) is 2.45. The predicted octanol–water partition coefficient (Wildman–Crippen LogP) is 5.55. The lowest BCUT2D eigenvalue weighted by Crippen LogP contribution is -2.31. The van der Waals surface area contributed by atoms with Gasteiger partial charge in [0.2, 0.25) is 0 Å². The van der Waals surface area contributed by atoms with E-state index in [2.05, 4.69) is 30.5 Å². The van der Waals surface area contributed by atoms with E-state index in [4.69, 9.17) is 10.1 Å². The van der Waals surface area contributed by atoms with Gasteiger partial charge >= 0.3 is 11.9 Å². The lowest BCUT2D eigenvalue weighted by Gasteiger charge is -2.32. The summed E-state index contributed by atoms with van der Waals surface area (Å²) in [6.45, 7) is 20.8. The van der Waals surface area contributed by atoms with Crippen LogP contribution in [0.5, 0.6) is 0 Å². The largest absolute Gasteiger partial charge is 0.347 e. The first-order valence-electron chi connectivity index (χ1n) is 9.14. The van der Waals surface area contributed by atoms with Gasteiger partial charge in [0, 0.05) is 0 Å². The summed E-state index contributed by atoms with van der Waals surface area (Å²) in [4.78, 5) is 35.7. The minimum Gasteiger partial charge on any atom is -0.300 e. The summed E-state index contributed by atoms with van der Waals surface area (Å²) in [5, 5.41) is 8.35. The molecule has 1 N–H and O–H groups in total. The molecule has 0 aromatic heterocycles. The molecule has 0 fully saturated rings. The van der Waals surface area contributed by atoms with Crippen LogP contribution in [0.2, 0.25) is 0 Å². The zero-order valence-corrected chi connectivity index (χ0v) is 18.6. The van der Waals surface area contributed by atoms with Gasteiger partial charge in [-0.1, -0.05) is 27.2 Å². The predicted molar refractivity (Wildman–Crippen MR) is 102 cm³/mol. The fourth-order valence-electron chi connectivity index (χ4n) is 2.45. The molecule has 0 radical (unpaired) electrons. The van der Waals surface area contributed by atoms with Crippen molar-refractivity contribution in [2.45, 2.75) is 101 Å². The van der Waals surface area contributed by atoms with E-state index in [1.54, 1.807) is 34.6 Å². The first-order valence-corrected chi connectivity index (χ1v) is 9.14. The second-order valence-electron chi connectivity index (χ2n) is 10.2. The van der Waals surface area contributed by atoms with E-state index in [1.165, 1.54) is 0 Å². The molecule has 0 aromatic rings. The van der Waals surface area contributed by atoms with Crippen molar-refractivity contribution in [1.29, 1.82) is 0 Å². The van der Waals surface area contributed by atoms with Gasteiger partial charge in [-0.05, 0) is 73.6 Å². The molecule has 26 heavy (non-hydrogen) atoms. The molecule has 156 valence electrons. The number of rotatable bonds is 6. The number of hydrogen-bond donors (Lipinski definition) is 1. The highest BCUT2D eigenvalue weighted by Crippen LogP contribution is 2.37. The quantitative estimate of drug-likeness (QED) is 0.483. The van der Waals surface area contributed by atoms with Crippen LogP contribution in [0.4, 0.5) is 0 Å². The van der Waals surface area contributed by atoms with E-state index in [9.17, 15) is 9.59 Å². The summed E-state index contributed by atoms with van der Waals surface area (Å²) in [6.07, 6.45) is 2.87. The zero-order valence-electron chi connectivity index (χ0n) is 18.6. The van der Waals surface area contributed by atoms with Crippen LogP contribution in [-0.2, 0) is 24.3 Å². The van der Waals surface area contributed by atoms with Crippen molar-refractivity contribution in [3.05, 3.63) is 0 Å². The Kier molecular flexibility index (Phi) is 10.7. The van der Waals surface area contributed by atoms with Crippen LogP contribution in [0.1, 0.15) is 95.4 Å². The Morgan fingerprint density at radius 2 is 1.31 bits per heavy atom. The lowest BCUT2D eigenvalue weighted by molar-refractivity contribution is -0.325. The molecule has 0 saturated heterocycles. The third-order valence-corrected chi connectivity index (χ3v) is 3.46. The van der Waals surface area contributed by atoms with Crippen molar-refractivity contribution in [1.82, 2.24) is 0 Å². The van der Waals surface area contributed by atoms with Gasteiger partial charge < -0.3 is 4.89 Å². The Morgan fingerprint density at radius 1 is 0.846 bits per heavy atom. The van der Waals surface area contributed by atoms with Crippen LogP contribution < -0.4 is 0 Å². The number of hydrogen-bond acceptors (Lipinski definition) is 6. The first kappa shape index (κ1) is 27.1. The molecule has 6 nitrogen and oxygen atoms in total. The maximum atomic E-state index is 11.2. The highest BCUT2D eigenvalue weighted by Gasteiger charge is 2.36. The van der Waals surface area contributed by atoms with E-state index in [0.717, 1.165) is 12.8 Å². The number of carbonyl (C=O) groups excluding carboxylic acids is 2. The molecule has 0 aliphatic heterocycles. The Bertz CT molecular complexity index is 438. The highest BCUT2D eigenvalue weighted by atomic mass is 17.2. The van der Waals surface area contributed by atoms with Gasteiger partial charge in [-0.25, -0.2) is 9.59 Å². The summed E-state index contributed by atoms with van der Waals surface area (Å²) in [5.74, 6) is -0.904. The highest BCUT2D eigenvalue weighted by molar-refractivity contribution is 5.75. The van der Waals surface area contributed by atoms with Crippen LogP contribution in [0, 0.1) is 16.2 Å². The molecular weight excluding hydrogens is 336 g/mol. The minimum atomic E-state index is -0.618. The smallest absolute Gasteiger partial charge is 0.300 e. The normalized spacial score (nSPS) is 12.8. The van der Waals surface area contributed by atoms with Crippen molar-refractivity contribution in [3.63, 3.8) is 0 Å². The van der Waals surface area contributed by atoms with Gasteiger partial charge in [0.05, 0.1) is 10.8 Å². The minimum absolute atomic E-state index is 0.104. The molecule has 0 heterocycles. The first-order chi connectivity index (χ1) is 11.4. The summed E-state index contributed by atoms with van der Waals surface area (Å²) in [5.41, 5.74) is -1.47. The van der Waals surface area contributed by atoms with E-state index in [1.807, 2.05) is 20.8 Å². The molecule has 0 amide bonds. The van der Waals surface area contributed by atoms with Crippen LogP contribution in [0.25, 0.3) is 0 Å². The maximum absolute atomic E-state index is 11.2. The third kappa shape index (κ3) is 13.1. The van der Waals surface area contributed by atoms with Crippen LogP contribution in [-0.4, -0.2) is 22.8 Å². The van der Waals surface area contributed by atoms with Gasteiger partial charge in [-0.3, -0.25) is 4.89 Å². The molecule has 0 bridgehead atoms. The second-order valence-corrected chi connectivity index (χ2v) is 10.2. The van der Waals surface area contributed by atoms with Crippen LogP contribution in [0.3, 0.4) is 0 Å². The standard InChI is InChI=1S/C11H22O3.C9H18O3/c1-6-7-10(2,3)8-11(4,5)9(12)14-13;1-8(2,3)7(10)11-12-9(4,5)6/h13H,6-8H2,1-5H3;1-6H3. The van der Waals surface area contributed by atoms with Gasteiger partial charge in [-0.2, -0.15) is 10.1 Å². The second kappa shape index (κ2) is 10.3. The van der Waals surface area contributed by atoms with E-state index >= 15 is 0 Å². The molecule has 0 rings (SSSR count). The average molecular weight is 377 g/mol.